The normalized spacial score (nSPS) is 15.1. The summed E-state index contributed by atoms with van der Waals surface area (Å²) in [6.07, 6.45) is 12.3. The Morgan fingerprint density at radius 3 is 2.43 bits per heavy atom. The first-order valence-electron chi connectivity index (χ1n) is 8.26. The first-order valence-corrected chi connectivity index (χ1v) is 12.0. The fraction of sp³-hybridized carbons (Fsp3) is 0.579. The highest BCUT2D eigenvalue weighted by atomic mass is 28.3. The fourth-order valence-corrected chi connectivity index (χ4v) is 2.37. The van der Waals surface area contributed by atoms with Crippen LogP contribution in [0.5, 0.6) is 0 Å². The molecular weight excluding hydrogens is 304 g/mol. The molecule has 23 heavy (non-hydrogen) atoms. The van der Waals surface area contributed by atoms with Gasteiger partial charge in [-0.3, -0.25) is 0 Å². The summed E-state index contributed by atoms with van der Waals surface area (Å²) in [5, 5.41) is 0. The Bertz CT molecular complexity index is 369. The maximum absolute atomic E-state index is 5.65. The van der Waals surface area contributed by atoms with Gasteiger partial charge in [0, 0.05) is 14.7 Å². The van der Waals surface area contributed by atoms with Crippen LogP contribution in [0.2, 0.25) is 25.7 Å². The van der Waals surface area contributed by atoms with Gasteiger partial charge in [-0.25, -0.2) is 0 Å². The van der Waals surface area contributed by atoms with E-state index in [2.05, 4.69) is 38.9 Å². The monoisotopic (exact) mass is 338 g/mol. The SMILES string of the molecule is C=C/C=C/CO[C@@H](C=C)C/C=C\[C@H](C)OCOCC[Si](C)(C)C. The number of allylic oxidation sites excluding steroid dienone is 2. The highest BCUT2D eigenvalue weighted by molar-refractivity contribution is 6.76. The van der Waals surface area contributed by atoms with Gasteiger partial charge < -0.3 is 14.2 Å². The quantitative estimate of drug-likeness (QED) is 0.147. The molecule has 132 valence electrons. The van der Waals surface area contributed by atoms with Crippen molar-refractivity contribution in [2.75, 3.05) is 20.0 Å². The Balaban J connectivity index is 3.80. The zero-order valence-electron chi connectivity index (χ0n) is 15.3. The molecule has 0 heterocycles. The van der Waals surface area contributed by atoms with E-state index in [1.165, 1.54) is 6.04 Å². The lowest BCUT2D eigenvalue weighted by Gasteiger charge is -2.16. The van der Waals surface area contributed by atoms with Gasteiger partial charge in [0.05, 0.1) is 18.8 Å². The predicted molar refractivity (Wildman–Crippen MR) is 103 cm³/mol. The molecule has 0 aromatic heterocycles. The van der Waals surface area contributed by atoms with Crippen LogP contribution in [0.3, 0.4) is 0 Å². The van der Waals surface area contributed by atoms with Gasteiger partial charge in [-0.15, -0.1) is 6.58 Å². The summed E-state index contributed by atoms with van der Waals surface area (Å²) in [7, 11) is -1.02. The number of ether oxygens (including phenoxy) is 3. The Kier molecular flexibility index (Phi) is 12.9. The molecule has 0 spiro atoms. The fourth-order valence-electron chi connectivity index (χ4n) is 1.62. The van der Waals surface area contributed by atoms with Crippen LogP contribution in [0.15, 0.2) is 49.6 Å². The van der Waals surface area contributed by atoms with E-state index in [4.69, 9.17) is 14.2 Å². The third-order valence-electron chi connectivity index (χ3n) is 3.13. The maximum Gasteiger partial charge on any atom is 0.147 e. The van der Waals surface area contributed by atoms with Crippen molar-refractivity contribution in [3.63, 3.8) is 0 Å². The Labute approximate surface area is 143 Å². The standard InChI is InChI=1S/C19H34O3Si/c1-7-9-10-14-21-19(8-2)13-11-12-18(3)22-17-20-15-16-23(4,5)6/h7-12,18-19H,1-2,13-17H2,3-6H3/b10-9+,12-11-/t18-,19-/m0/s1. The molecule has 0 unspecified atom stereocenters. The molecule has 0 radical (unpaired) electrons. The molecule has 0 rings (SSSR count). The molecule has 0 saturated heterocycles. The molecule has 0 amide bonds. The molecule has 0 aliphatic rings. The minimum absolute atomic E-state index is 0.0147. The summed E-state index contributed by atoms with van der Waals surface area (Å²) < 4.78 is 16.8. The van der Waals surface area contributed by atoms with Crippen molar-refractivity contribution in [1.82, 2.24) is 0 Å². The molecule has 0 bridgehead atoms. The van der Waals surface area contributed by atoms with E-state index in [1.54, 1.807) is 6.08 Å². The van der Waals surface area contributed by atoms with Crippen LogP contribution in [-0.4, -0.2) is 40.3 Å². The Hall–Kier alpha value is -0.943. The van der Waals surface area contributed by atoms with Crippen molar-refractivity contribution in [1.29, 1.82) is 0 Å². The van der Waals surface area contributed by atoms with Crippen molar-refractivity contribution < 1.29 is 14.2 Å². The molecule has 4 heteroatoms. The van der Waals surface area contributed by atoms with Crippen LogP contribution >= 0.6 is 0 Å². The van der Waals surface area contributed by atoms with Gasteiger partial charge in [-0.1, -0.05) is 62.7 Å². The second kappa shape index (κ2) is 13.5. The van der Waals surface area contributed by atoms with Gasteiger partial charge in [0.2, 0.25) is 0 Å². The van der Waals surface area contributed by atoms with Crippen molar-refractivity contribution in [2.24, 2.45) is 0 Å². The van der Waals surface area contributed by atoms with Gasteiger partial charge in [0.1, 0.15) is 6.79 Å². The molecule has 2 atom stereocenters. The number of hydrogen-bond donors (Lipinski definition) is 0. The molecular formula is C19H34O3Si. The van der Waals surface area contributed by atoms with Crippen LogP contribution in [0.25, 0.3) is 0 Å². The van der Waals surface area contributed by atoms with Crippen LogP contribution < -0.4 is 0 Å². The summed E-state index contributed by atoms with van der Waals surface area (Å²) in [4.78, 5) is 0. The minimum Gasteiger partial charge on any atom is -0.370 e. The highest BCUT2D eigenvalue weighted by Gasteiger charge is 2.12. The lowest BCUT2D eigenvalue weighted by Crippen LogP contribution is -2.22. The van der Waals surface area contributed by atoms with Gasteiger partial charge in [-0.2, -0.15) is 0 Å². The van der Waals surface area contributed by atoms with Gasteiger partial charge >= 0.3 is 0 Å². The average Bonchev–Trinajstić information content (AvgIpc) is 2.48. The first kappa shape index (κ1) is 22.1. The van der Waals surface area contributed by atoms with Crippen molar-refractivity contribution in [3.8, 4) is 0 Å². The Morgan fingerprint density at radius 2 is 1.83 bits per heavy atom. The van der Waals surface area contributed by atoms with Crippen LogP contribution in [0.1, 0.15) is 13.3 Å². The third kappa shape index (κ3) is 15.7. The van der Waals surface area contributed by atoms with E-state index >= 15 is 0 Å². The van der Waals surface area contributed by atoms with Crippen LogP contribution in [0, 0.1) is 0 Å². The van der Waals surface area contributed by atoms with Crippen molar-refractivity contribution in [2.45, 2.75) is 51.2 Å². The van der Waals surface area contributed by atoms with E-state index in [0.717, 1.165) is 13.0 Å². The molecule has 0 saturated carbocycles. The Morgan fingerprint density at radius 1 is 1.09 bits per heavy atom. The predicted octanol–water partition coefficient (Wildman–Crippen LogP) is 4.96. The molecule has 3 nitrogen and oxygen atoms in total. The van der Waals surface area contributed by atoms with E-state index in [0.29, 0.717) is 13.4 Å². The summed E-state index contributed by atoms with van der Waals surface area (Å²) >= 11 is 0. The zero-order valence-corrected chi connectivity index (χ0v) is 16.3. The molecule has 0 N–H and O–H groups in total. The molecule has 0 aromatic carbocycles. The van der Waals surface area contributed by atoms with Gasteiger partial charge in [0.25, 0.3) is 0 Å². The van der Waals surface area contributed by atoms with E-state index in [-0.39, 0.29) is 12.2 Å². The second-order valence-corrected chi connectivity index (χ2v) is 12.3. The second-order valence-electron chi connectivity index (χ2n) is 6.64. The van der Waals surface area contributed by atoms with Crippen LogP contribution in [0.4, 0.5) is 0 Å². The minimum atomic E-state index is -1.02. The molecule has 0 aliphatic carbocycles. The lowest BCUT2D eigenvalue weighted by molar-refractivity contribution is -0.0666. The highest BCUT2D eigenvalue weighted by Crippen LogP contribution is 2.08. The molecule has 0 aromatic rings. The summed E-state index contributed by atoms with van der Waals surface area (Å²) in [6, 6.07) is 1.17. The maximum atomic E-state index is 5.65. The van der Waals surface area contributed by atoms with E-state index in [1.807, 2.05) is 31.2 Å². The molecule has 0 aliphatic heterocycles. The van der Waals surface area contributed by atoms with Crippen molar-refractivity contribution >= 4 is 8.07 Å². The van der Waals surface area contributed by atoms with Gasteiger partial charge in [0.15, 0.2) is 0 Å². The number of hydrogen-bond acceptors (Lipinski definition) is 3. The third-order valence-corrected chi connectivity index (χ3v) is 4.83. The average molecular weight is 339 g/mol. The summed E-state index contributed by atoms with van der Waals surface area (Å²) in [5.74, 6) is 0. The summed E-state index contributed by atoms with van der Waals surface area (Å²) in [6.45, 7) is 18.1. The number of rotatable bonds is 14. The smallest absolute Gasteiger partial charge is 0.147 e. The van der Waals surface area contributed by atoms with Gasteiger partial charge in [-0.05, 0) is 19.4 Å². The van der Waals surface area contributed by atoms with E-state index in [9.17, 15) is 0 Å². The van der Waals surface area contributed by atoms with E-state index < -0.39 is 8.07 Å². The van der Waals surface area contributed by atoms with Crippen LogP contribution in [-0.2, 0) is 14.2 Å². The summed E-state index contributed by atoms with van der Waals surface area (Å²) in [5.41, 5.74) is 0. The largest absolute Gasteiger partial charge is 0.370 e. The molecule has 0 fully saturated rings. The van der Waals surface area contributed by atoms with Crippen molar-refractivity contribution in [3.05, 3.63) is 49.6 Å². The zero-order chi connectivity index (χ0) is 17.6. The topological polar surface area (TPSA) is 27.7 Å². The first-order chi connectivity index (χ1) is 10.9. The lowest BCUT2D eigenvalue weighted by atomic mass is 10.2.